The van der Waals surface area contributed by atoms with E-state index in [4.69, 9.17) is 4.74 Å². The molecule has 1 aliphatic rings. The lowest BCUT2D eigenvalue weighted by molar-refractivity contribution is 0.0724. The average Bonchev–Trinajstić information content (AvgIpc) is 2.81. The summed E-state index contributed by atoms with van der Waals surface area (Å²) in [4.78, 5) is 14.4. The van der Waals surface area contributed by atoms with Crippen molar-refractivity contribution in [2.75, 3.05) is 20.2 Å². The number of aromatic nitrogens is 2. The number of hydrogen-bond donors (Lipinski definition) is 0. The molecule has 106 valence electrons. The molecule has 5 nitrogen and oxygen atoms in total. The van der Waals surface area contributed by atoms with Crippen molar-refractivity contribution in [1.82, 2.24) is 14.7 Å². The molecule has 0 radical (unpaired) electrons. The number of carbonyl (C=O) groups excluding carboxylic acids is 1. The van der Waals surface area contributed by atoms with E-state index in [1.165, 1.54) is 6.42 Å². The number of nitrogens with zero attached hydrogens (tertiary/aromatic N) is 3. The van der Waals surface area contributed by atoms with E-state index in [9.17, 15) is 4.79 Å². The Labute approximate surface area is 118 Å². The largest absolute Gasteiger partial charge is 0.481 e. The van der Waals surface area contributed by atoms with Crippen LogP contribution in [0.3, 0.4) is 0 Å². The average molecular weight is 273 g/mol. The highest BCUT2D eigenvalue weighted by Crippen LogP contribution is 2.26. The van der Waals surface area contributed by atoms with Crippen LogP contribution in [0.2, 0.25) is 0 Å². The first-order valence-corrected chi connectivity index (χ1v) is 7.01. The molecule has 2 heterocycles. The van der Waals surface area contributed by atoms with Gasteiger partial charge < -0.3 is 9.64 Å². The molecule has 2 aromatic rings. The highest BCUT2D eigenvalue weighted by Gasteiger charge is 2.19. The number of aryl methyl sites for hydroxylation is 1. The lowest BCUT2D eigenvalue weighted by atomic mass is 10.1. The van der Waals surface area contributed by atoms with Gasteiger partial charge in [-0.25, -0.2) is 4.68 Å². The molecule has 0 spiro atoms. The van der Waals surface area contributed by atoms with E-state index in [1.807, 2.05) is 30.1 Å². The summed E-state index contributed by atoms with van der Waals surface area (Å²) < 4.78 is 7.01. The van der Waals surface area contributed by atoms with E-state index in [0.29, 0.717) is 5.56 Å². The number of methoxy groups -OCH3 is 1. The molecule has 1 saturated heterocycles. The van der Waals surface area contributed by atoms with Crippen molar-refractivity contribution in [3.63, 3.8) is 0 Å². The van der Waals surface area contributed by atoms with Crippen LogP contribution in [0.1, 0.15) is 29.6 Å². The summed E-state index contributed by atoms with van der Waals surface area (Å²) >= 11 is 0. The summed E-state index contributed by atoms with van der Waals surface area (Å²) in [7, 11) is 3.47. The van der Waals surface area contributed by atoms with Gasteiger partial charge in [0.05, 0.1) is 18.0 Å². The molecule has 0 N–H and O–H groups in total. The zero-order chi connectivity index (χ0) is 14.1. The van der Waals surface area contributed by atoms with Crippen LogP contribution in [0.4, 0.5) is 0 Å². The molecule has 5 heteroatoms. The minimum atomic E-state index is 0.108. The fourth-order valence-corrected chi connectivity index (χ4v) is 2.83. The molecule has 0 bridgehead atoms. The van der Waals surface area contributed by atoms with Crippen LogP contribution in [0.25, 0.3) is 10.9 Å². The van der Waals surface area contributed by atoms with E-state index >= 15 is 0 Å². The Hall–Kier alpha value is -2.04. The highest BCUT2D eigenvalue weighted by molar-refractivity contribution is 5.98. The zero-order valence-corrected chi connectivity index (χ0v) is 11.9. The number of ether oxygens (including phenoxy) is 1. The molecule has 0 aliphatic carbocycles. The Kier molecular flexibility index (Phi) is 3.34. The lowest BCUT2D eigenvalue weighted by Crippen LogP contribution is -2.35. The SMILES string of the molecule is COc1c2ccc(C(=O)N3CCCCC3)cc2nn1C. The summed E-state index contributed by atoms with van der Waals surface area (Å²) in [5.74, 6) is 0.827. The van der Waals surface area contributed by atoms with E-state index in [0.717, 1.165) is 42.7 Å². The first-order valence-electron chi connectivity index (χ1n) is 7.01. The van der Waals surface area contributed by atoms with E-state index in [-0.39, 0.29) is 5.91 Å². The second kappa shape index (κ2) is 5.15. The molecular weight excluding hydrogens is 254 g/mol. The first-order chi connectivity index (χ1) is 9.70. The number of rotatable bonds is 2. The molecule has 0 saturated carbocycles. The number of benzene rings is 1. The van der Waals surface area contributed by atoms with Crippen molar-refractivity contribution in [2.45, 2.75) is 19.3 Å². The fourth-order valence-electron chi connectivity index (χ4n) is 2.83. The van der Waals surface area contributed by atoms with Gasteiger partial charge in [0.25, 0.3) is 5.91 Å². The smallest absolute Gasteiger partial charge is 0.253 e. The predicted molar refractivity (Wildman–Crippen MR) is 77.0 cm³/mol. The first kappa shape index (κ1) is 13.0. The van der Waals surface area contributed by atoms with Crippen LogP contribution in [0.15, 0.2) is 18.2 Å². The van der Waals surface area contributed by atoms with Crippen LogP contribution in [-0.4, -0.2) is 40.8 Å². The predicted octanol–water partition coefficient (Wildman–Crippen LogP) is 2.21. The van der Waals surface area contributed by atoms with Gasteiger partial charge in [-0.15, -0.1) is 0 Å². The third kappa shape index (κ3) is 2.13. The Morgan fingerprint density at radius 3 is 2.70 bits per heavy atom. The maximum absolute atomic E-state index is 12.5. The van der Waals surface area contributed by atoms with Gasteiger partial charge in [-0.05, 0) is 37.5 Å². The van der Waals surface area contributed by atoms with Crippen molar-refractivity contribution in [2.24, 2.45) is 7.05 Å². The Morgan fingerprint density at radius 1 is 1.25 bits per heavy atom. The summed E-state index contributed by atoms with van der Waals surface area (Å²) in [6.07, 6.45) is 3.43. The van der Waals surface area contributed by atoms with E-state index < -0.39 is 0 Å². The number of amides is 1. The molecule has 1 aliphatic heterocycles. The van der Waals surface area contributed by atoms with Gasteiger partial charge in [0.15, 0.2) is 0 Å². The molecule has 3 rings (SSSR count). The fraction of sp³-hybridized carbons (Fsp3) is 0.467. The minimum Gasteiger partial charge on any atom is -0.481 e. The number of fused-ring (bicyclic) bond motifs is 1. The Bertz CT molecular complexity index is 642. The van der Waals surface area contributed by atoms with Crippen LogP contribution < -0.4 is 4.74 Å². The normalized spacial score (nSPS) is 15.6. The van der Waals surface area contributed by atoms with Gasteiger partial charge >= 0.3 is 0 Å². The number of hydrogen-bond acceptors (Lipinski definition) is 3. The summed E-state index contributed by atoms with van der Waals surface area (Å²) in [5, 5.41) is 5.33. The van der Waals surface area contributed by atoms with E-state index in [1.54, 1.807) is 11.8 Å². The monoisotopic (exact) mass is 273 g/mol. The number of likely N-dealkylation sites (tertiary alicyclic amines) is 1. The molecule has 1 aromatic heterocycles. The molecule has 1 aromatic carbocycles. The topological polar surface area (TPSA) is 47.4 Å². The number of carbonyl (C=O) groups is 1. The minimum absolute atomic E-state index is 0.108. The third-order valence-electron chi connectivity index (χ3n) is 3.86. The Morgan fingerprint density at radius 2 is 2.00 bits per heavy atom. The summed E-state index contributed by atoms with van der Waals surface area (Å²) in [5.41, 5.74) is 1.51. The van der Waals surface area contributed by atoms with Crippen molar-refractivity contribution < 1.29 is 9.53 Å². The maximum Gasteiger partial charge on any atom is 0.253 e. The van der Waals surface area contributed by atoms with E-state index in [2.05, 4.69) is 5.10 Å². The van der Waals surface area contributed by atoms with Gasteiger partial charge in [-0.3, -0.25) is 4.79 Å². The molecular formula is C15H19N3O2. The summed E-state index contributed by atoms with van der Waals surface area (Å²) in [6, 6.07) is 5.64. The summed E-state index contributed by atoms with van der Waals surface area (Å²) in [6.45, 7) is 1.73. The molecule has 0 unspecified atom stereocenters. The molecule has 20 heavy (non-hydrogen) atoms. The Balaban J connectivity index is 1.94. The van der Waals surface area contributed by atoms with Crippen LogP contribution in [-0.2, 0) is 7.05 Å². The quantitative estimate of drug-likeness (QED) is 0.843. The molecule has 1 fully saturated rings. The van der Waals surface area contributed by atoms with Gasteiger partial charge in [-0.1, -0.05) is 0 Å². The van der Waals surface area contributed by atoms with Gasteiger partial charge in [0.2, 0.25) is 5.88 Å². The van der Waals surface area contributed by atoms with Crippen molar-refractivity contribution in [3.8, 4) is 5.88 Å². The maximum atomic E-state index is 12.5. The van der Waals surface area contributed by atoms with Crippen molar-refractivity contribution >= 4 is 16.8 Å². The zero-order valence-electron chi connectivity index (χ0n) is 11.9. The van der Waals surface area contributed by atoms with Crippen LogP contribution in [0.5, 0.6) is 5.88 Å². The second-order valence-electron chi connectivity index (χ2n) is 5.22. The van der Waals surface area contributed by atoms with Crippen LogP contribution in [0, 0.1) is 0 Å². The molecule has 0 atom stereocenters. The van der Waals surface area contributed by atoms with Crippen LogP contribution >= 0.6 is 0 Å². The standard InChI is InChI=1S/C15H19N3O2/c1-17-15(20-2)12-7-6-11(10-13(12)16-17)14(19)18-8-4-3-5-9-18/h6-7,10H,3-5,8-9H2,1-2H3. The van der Waals surface area contributed by atoms with Crippen molar-refractivity contribution in [1.29, 1.82) is 0 Å². The second-order valence-corrected chi connectivity index (χ2v) is 5.22. The highest BCUT2D eigenvalue weighted by atomic mass is 16.5. The van der Waals surface area contributed by atoms with Gasteiger partial charge in [-0.2, -0.15) is 5.10 Å². The van der Waals surface area contributed by atoms with Gasteiger partial charge in [0.1, 0.15) is 0 Å². The third-order valence-corrected chi connectivity index (χ3v) is 3.86. The number of piperidine rings is 1. The lowest BCUT2D eigenvalue weighted by Gasteiger charge is -2.26. The molecule has 1 amide bonds. The van der Waals surface area contributed by atoms with Gasteiger partial charge in [0, 0.05) is 25.7 Å². The van der Waals surface area contributed by atoms with Crippen molar-refractivity contribution in [3.05, 3.63) is 23.8 Å².